The van der Waals surface area contributed by atoms with Crippen LogP contribution in [0.25, 0.3) is 0 Å². The Morgan fingerprint density at radius 3 is 2.41 bits per heavy atom. The van der Waals surface area contributed by atoms with Crippen LogP contribution in [0.4, 0.5) is 0 Å². The van der Waals surface area contributed by atoms with Crippen molar-refractivity contribution in [3.05, 3.63) is 24.8 Å². The van der Waals surface area contributed by atoms with Crippen molar-refractivity contribution in [1.29, 1.82) is 0 Å². The number of allylic oxidation sites excluding steroid dienone is 2. The molecule has 0 bridgehead atoms. The summed E-state index contributed by atoms with van der Waals surface area (Å²) >= 11 is 0. The van der Waals surface area contributed by atoms with Crippen LogP contribution in [0.15, 0.2) is 24.8 Å². The van der Waals surface area contributed by atoms with Crippen molar-refractivity contribution < 1.29 is 9.90 Å². The molecule has 1 aliphatic rings. The Morgan fingerprint density at radius 1 is 1.53 bits per heavy atom. The Morgan fingerprint density at radius 2 is 2.06 bits per heavy atom. The van der Waals surface area contributed by atoms with Crippen molar-refractivity contribution in [3.8, 4) is 0 Å². The molecule has 0 spiro atoms. The number of aliphatic hydroxyl groups is 1. The van der Waals surface area contributed by atoms with E-state index in [0.717, 1.165) is 12.0 Å². The second-order valence-electron chi connectivity index (χ2n) is 5.93. The van der Waals surface area contributed by atoms with Crippen LogP contribution >= 0.6 is 0 Å². The van der Waals surface area contributed by atoms with Gasteiger partial charge in [-0.3, -0.25) is 4.79 Å². The van der Waals surface area contributed by atoms with Crippen LogP contribution in [-0.4, -0.2) is 16.5 Å². The van der Waals surface area contributed by atoms with Crippen LogP contribution in [0.3, 0.4) is 0 Å². The number of ketones is 1. The van der Waals surface area contributed by atoms with Gasteiger partial charge >= 0.3 is 0 Å². The second-order valence-corrected chi connectivity index (χ2v) is 5.93. The molecule has 1 saturated carbocycles. The lowest BCUT2D eigenvalue weighted by Gasteiger charge is -2.47. The minimum atomic E-state index is -1.20. The van der Waals surface area contributed by atoms with E-state index in [1.165, 1.54) is 0 Å². The fraction of sp³-hybridized carbons (Fsp3) is 0.667. The average Bonchev–Trinajstić information content (AvgIpc) is 2.23. The summed E-state index contributed by atoms with van der Waals surface area (Å²) in [5.74, 6) is -0.471. The first-order valence-electron chi connectivity index (χ1n) is 6.24. The Labute approximate surface area is 104 Å². The molecule has 3 atom stereocenters. The monoisotopic (exact) mass is 236 g/mol. The van der Waals surface area contributed by atoms with Crippen LogP contribution in [0, 0.1) is 17.3 Å². The van der Waals surface area contributed by atoms with E-state index < -0.39 is 5.60 Å². The Balaban J connectivity index is 3.21. The first-order chi connectivity index (χ1) is 7.69. The number of carbonyl (C=O) groups excluding carboxylic acids is 1. The maximum atomic E-state index is 12.5. The molecular formula is C15H24O2. The van der Waals surface area contributed by atoms with Gasteiger partial charge in [0.2, 0.25) is 0 Å². The fourth-order valence-electron chi connectivity index (χ4n) is 2.86. The van der Waals surface area contributed by atoms with E-state index in [1.54, 1.807) is 0 Å². The zero-order valence-corrected chi connectivity index (χ0v) is 11.4. The van der Waals surface area contributed by atoms with Crippen LogP contribution < -0.4 is 0 Å². The summed E-state index contributed by atoms with van der Waals surface area (Å²) in [6, 6.07) is 0. The van der Waals surface area contributed by atoms with Gasteiger partial charge in [0, 0.05) is 5.92 Å². The highest BCUT2D eigenvalue weighted by Crippen LogP contribution is 2.48. The number of Topliss-reactive ketones (excluding diaryl/α,β-unsaturated/α-hetero) is 1. The first-order valence-corrected chi connectivity index (χ1v) is 6.24. The molecule has 0 heterocycles. The molecule has 0 aliphatic heterocycles. The maximum Gasteiger partial charge on any atom is 0.172 e. The minimum absolute atomic E-state index is 0.0637. The van der Waals surface area contributed by atoms with Gasteiger partial charge in [-0.25, -0.2) is 0 Å². The van der Waals surface area contributed by atoms with E-state index in [4.69, 9.17) is 0 Å². The maximum absolute atomic E-state index is 12.5. The summed E-state index contributed by atoms with van der Waals surface area (Å²) in [4.78, 5) is 12.5. The molecule has 2 nitrogen and oxygen atoms in total. The highest BCUT2D eigenvalue weighted by Gasteiger charge is 2.53. The van der Waals surface area contributed by atoms with Crippen molar-refractivity contribution in [3.63, 3.8) is 0 Å². The van der Waals surface area contributed by atoms with Gasteiger partial charge in [0.1, 0.15) is 5.60 Å². The number of rotatable bonds is 3. The molecule has 1 rings (SSSR count). The summed E-state index contributed by atoms with van der Waals surface area (Å²) in [7, 11) is 0. The lowest BCUT2D eigenvalue weighted by Crippen LogP contribution is -2.55. The van der Waals surface area contributed by atoms with Crippen LogP contribution in [0.1, 0.15) is 40.5 Å². The van der Waals surface area contributed by atoms with E-state index >= 15 is 0 Å². The molecule has 1 N–H and O–H groups in total. The Kier molecular flexibility index (Phi) is 3.68. The predicted molar refractivity (Wildman–Crippen MR) is 70.6 cm³/mol. The molecule has 0 amide bonds. The van der Waals surface area contributed by atoms with E-state index in [9.17, 15) is 9.90 Å². The third kappa shape index (κ3) is 2.11. The second kappa shape index (κ2) is 4.41. The third-order valence-electron chi connectivity index (χ3n) is 4.31. The molecular weight excluding hydrogens is 212 g/mol. The molecule has 17 heavy (non-hydrogen) atoms. The topological polar surface area (TPSA) is 37.3 Å². The Bertz CT molecular complexity index is 356. The molecule has 0 unspecified atom stereocenters. The van der Waals surface area contributed by atoms with Gasteiger partial charge in [0.15, 0.2) is 5.78 Å². The lowest BCUT2D eigenvalue weighted by molar-refractivity contribution is -0.156. The highest BCUT2D eigenvalue weighted by atomic mass is 16.3. The first kappa shape index (κ1) is 14.2. The molecule has 1 aliphatic carbocycles. The van der Waals surface area contributed by atoms with Crippen molar-refractivity contribution in [2.75, 3.05) is 0 Å². The molecule has 1 fully saturated rings. The Hall–Kier alpha value is -0.890. The number of hydrogen-bond acceptors (Lipinski definition) is 2. The van der Waals surface area contributed by atoms with Gasteiger partial charge in [-0.05, 0) is 31.1 Å². The number of hydrogen-bond donors (Lipinski definition) is 1. The zero-order valence-electron chi connectivity index (χ0n) is 11.4. The van der Waals surface area contributed by atoms with Crippen molar-refractivity contribution in [1.82, 2.24) is 0 Å². The largest absolute Gasteiger partial charge is 0.382 e. The SMILES string of the molecule is C=C[C@@]1(C)CC[C@](O)(C(C)C)C(=O)[C@H]1C(=C)C. The van der Waals surface area contributed by atoms with Gasteiger partial charge in [-0.2, -0.15) is 0 Å². The van der Waals surface area contributed by atoms with Gasteiger partial charge in [0.05, 0.1) is 0 Å². The third-order valence-corrected chi connectivity index (χ3v) is 4.31. The van der Waals surface area contributed by atoms with Crippen molar-refractivity contribution >= 4 is 5.78 Å². The molecule has 0 aromatic carbocycles. The smallest absolute Gasteiger partial charge is 0.172 e. The summed E-state index contributed by atoms with van der Waals surface area (Å²) in [6.45, 7) is 15.4. The summed E-state index contributed by atoms with van der Waals surface area (Å²) < 4.78 is 0. The molecule has 2 heteroatoms. The van der Waals surface area contributed by atoms with Gasteiger partial charge < -0.3 is 5.11 Å². The zero-order chi connectivity index (χ0) is 13.4. The van der Waals surface area contributed by atoms with Gasteiger partial charge in [0.25, 0.3) is 0 Å². The average molecular weight is 236 g/mol. The van der Waals surface area contributed by atoms with Crippen LogP contribution in [0.5, 0.6) is 0 Å². The normalized spacial score (nSPS) is 38.2. The van der Waals surface area contributed by atoms with E-state index in [1.807, 2.05) is 33.8 Å². The summed E-state index contributed by atoms with van der Waals surface area (Å²) in [6.07, 6.45) is 3.12. The molecule has 0 aromatic rings. The highest BCUT2D eigenvalue weighted by molar-refractivity contribution is 5.93. The standard InChI is InChI=1S/C15H24O2/c1-7-14(6)8-9-15(17,11(4)5)13(16)12(14)10(2)3/h7,11-12,17H,1-2,8-9H2,3-6H3/t12-,14+,15+/m1/s1. The van der Waals surface area contributed by atoms with Crippen LogP contribution in [-0.2, 0) is 4.79 Å². The number of carbonyl (C=O) groups is 1. The molecule has 0 saturated heterocycles. The molecule has 0 radical (unpaired) electrons. The summed E-state index contributed by atoms with van der Waals surface area (Å²) in [5.41, 5.74) is -0.660. The van der Waals surface area contributed by atoms with E-state index in [2.05, 4.69) is 13.2 Å². The quantitative estimate of drug-likeness (QED) is 0.764. The summed E-state index contributed by atoms with van der Waals surface area (Å²) in [5, 5.41) is 10.5. The lowest BCUT2D eigenvalue weighted by atomic mass is 9.58. The molecule has 96 valence electrons. The van der Waals surface area contributed by atoms with Crippen LogP contribution in [0.2, 0.25) is 0 Å². The van der Waals surface area contributed by atoms with Gasteiger partial charge in [-0.15, -0.1) is 6.58 Å². The predicted octanol–water partition coefficient (Wildman–Crippen LogP) is 3.12. The minimum Gasteiger partial charge on any atom is -0.382 e. The van der Waals surface area contributed by atoms with Crippen molar-refractivity contribution in [2.45, 2.75) is 46.1 Å². The fourth-order valence-corrected chi connectivity index (χ4v) is 2.86. The van der Waals surface area contributed by atoms with Gasteiger partial charge in [-0.1, -0.05) is 39.0 Å². The molecule has 0 aromatic heterocycles. The van der Waals surface area contributed by atoms with Crippen molar-refractivity contribution in [2.24, 2.45) is 17.3 Å². The van der Waals surface area contributed by atoms with E-state index in [-0.39, 0.29) is 23.0 Å². The van der Waals surface area contributed by atoms with E-state index in [0.29, 0.717) is 6.42 Å².